The number of fused-ring (bicyclic) bond motifs is 5. The molecule has 116 valence electrons. The van der Waals surface area contributed by atoms with E-state index in [9.17, 15) is 5.11 Å². The van der Waals surface area contributed by atoms with Crippen molar-refractivity contribution in [3.8, 4) is 0 Å². The Morgan fingerprint density at radius 1 is 0.826 bits per heavy atom. The molecule has 3 heteroatoms. The topological polar surface area (TPSA) is 38.7 Å². The van der Waals surface area contributed by atoms with Crippen LogP contribution in [-0.2, 0) is 15.3 Å². The van der Waals surface area contributed by atoms with Crippen LogP contribution < -0.4 is 0 Å². The second-order valence-electron chi connectivity index (χ2n) is 6.56. The van der Waals surface area contributed by atoms with Gasteiger partial charge in [-0.2, -0.15) is 0 Å². The van der Waals surface area contributed by atoms with Crippen molar-refractivity contribution in [2.24, 2.45) is 11.8 Å². The van der Waals surface area contributed by atoms with Crippen LogP contribution in [0.15, 0.2) is 72.8 Å². The molecule has 23 heavy (non-hydrogen) atoms. The van der Waals surface area contributed by atoms with Gasteiger partial charge in [0.05, 0.1) is 24.2 Å². The number of ether oxygens (including phenoxy) is 2. The van der Waals surface area contributed by atoms with E-state index in [0.29, 0.717) is 0 Å². The third-order valence-corrected chi connectivity index (χ3v) is 5.38. The average molecular weight is 306 g/mol. The van der Waals surface area contributed by atoms with Gasteiger partial charge in [0.15, 0.2) is 5.79 Å². The molecular formula is C20H18O3. The summed E-state index contributed by atoms with van der Waals surface area (Å²) in [6.07, 6.45) is 3.96. The van der Waals surface area contributed by atoms with Crippen molar-refractivity contribution in [2.45, 2.75) is 24.1 Å². The highest BCUT2D eigenvalue weighted by atomic mass is 16.6. The predicted octanol–water partition coefficient (Wildman–Crippen LogP) is 3.17. The van der Waals surface area contributed by atoms with Crippen molar-refractivity contribution in [2.75, 3.05) is 0 Å². The second kappa shape index (κ2) is 4.78. The maximum absolute atomic E-state index is 11.5. The number of hydrogen-bond donors (Lipinski definition) is 1. The van der Waals surface area contributed by atoms with E-state index in [0.717, 1.165) is 11.1 Å². The lowest BCUT2D eigenvalue weighted by Crippen LogP contribution is -2.38. The third kappa shape index (κ3) is 1.81. The molecule has 2 fully saturated rings. The average Bonchev–Trinajstić information content (AvgIpc) is 3.30. The van der Waals surface area contributed by atoms with Gasteiger partial charge in [0.1, 0.15) is 0 Å². The summed E-state index contributed by atoms with van der Waals surface area (Å²) in [4.78, 5) is 0. The van der Waals surface area contributed by atoms with Crippen LogP contribution in [0.1, 0.15) is 17.2 Å². The number of hydrogen-bond acceptors (Lipinski definition) is 3. The highest BCUT2D eigenvalue weighted by molar-refractivity contribution is 5.32. The molecule has 0 aliphatic carbocycles. The van der Waals surface area contributed by atoms with Gasteiger partial charge in [-0.3, -0.25) is 0 Å². The predicted molar refractivity (Wildman–Crippen MR) is 85.4 cm³/mol. The van der Waals surface area contributed by atoms with Gasteiger partial charge in [-0.25, -0.2) is 0 Å². The molecule has 0 saturated carbocycles. The van der Waals surface area contributed by atoms with Gasteiger partial charge in [0.25, 0.3) is 0 Å². The molecule has 0 amide bonds. The van der Waals surface area contributed by atoms with Gasteiger partial charge >= 0.3 is 0 Å². The van der Waals surface area contributed by atoms with E-state index >= 15 is 0 Å². The summed E-state index contributed by atoms with van der Waals surface area (Å²) < 4.78 is 12.4. The van der Waals surface area contributed by atoms with Crippen LogP contribution in [0.4, 0.5) is 0 Å². The minimum Gasteiger partial charge on any atom is -0.366 e. The maximum atomic E-state index is 11.5. The first-order chi connectivity index (χ1) is 11.3. The molecule has 3 aliphatic heterocycles. The SMILES string of the molecule is O[C@@]1(c2ccccc2)O[C@H](c2ccccc2)[C@H]2[C@@H]1[C@@H]1C=C[C@@H]2O1. The summed E-state index contributed by atoms with van der Waals surface area (Å²) in [6.45, 7) is 0. The molecule has 2 aromatic carbocycles. The smallest absolute Gasteiger partial charge is 0.199 e. The Balaban J connectivity index is 1.63. The summed E-state index contributed by atoms with van der Waals surface area (Å²) >= 11 is 0. The summed E-state index contributed by atoms with van der Waals surface area (Å²) in [5, 5.41) is 11.5. The minimum absolute atomic E-state index is 0.0212. The van der Waals surface area contributed by atoms with Crippen molar-refractivity contribution in [3.63, 3.8) is 0 Å². The lowest BCUT2D eigenvalue weighted by molar-refractivity contribution is -0.234. The summed E-state index contributed by atoms with van der Waals surface area (Å²) in [6, 6.07) is 19.8. The van der Waals surface area contributed by atoms with Crippen LogP contribution in [-0.4, -0.2) is 17.3 Å². The molecule has 2 bridgehead atoms. The Bertz CT molecular complexity index is 742. The Kier molecular flexibility index (Phi) is 2.80. The van der Waals surface area contributed by atoms with Crippen molar-refractivity contribution in [1.29, 1.82) is 0 Å². The summed E-state index contributed by atoms with van der Waals surface area (Å²) in [5.74, 6) is -1.25. The zero-order valence-electron chi connectivity index (χ0n) is 12.6. The first kappa shape index (κ1) is 13.5. The van der Waals surface area contributed by atoms with Gasteiger partial charge in [-0.1, -0.05) is 72.8 Å². The molecular weight excluding hydrogens is 288 g/mol. The highest BCUT2D eigenvalue weighted by Crippen LogP contribution is 2.60. The second-order valence-corrected chi connectivity index (χ2v) is 6.56. The first-order valence-electron chi connectivity index (χ1n) is 8.12. The number of benzene rings is 2. The van der Waals surface area contributed by atoms with Gasteiger partial charge in [-0.05, 0) is 5.56 Å². The fraction of sp³-hybridized carbons (Fsp3) is 0.300. The molecule has 1 N–H and O–H groups in total. The Hall–Kier alpha value is -1.94. The fourth-order valence-electron chi connectivity index (χ4n) is 4.40. The van der Waals surface area contributed by atoms with Crippen molar-refractivity contribution in [3.05, 3.63) is 83.9 Å². The van der Waals surface area contributed by atoms with Gasteiger partial charge in [0.2, 0.25) is 0 Å². The molecule has 0 unspecified atom stereocenters. The van der Waals surface area contributed by atoms with E-state index in [1.807, 2.05) is 48.5 Å². The molecule has 2 saturated heterocycles. The zero-order valence-corrected chi connectivity index (χ0v) is 12.6. The van der Waals surface area contributed by atoms with E-state index in [4.69, 9.17) is 9.47 Å². The Morgan fingerprint density at radius 3 is 2.22 bits per heavy atom. The maximum Gasteiger partial charge on any atom is 0.199 e. The molecule has 3 aliphatic rings. The van der Waals surface area contributed by atoms with Crippen molar-refractivity contribution >= 4 is 0 Å². The van der Waals surface area contributed by atoms with E-state index < -0.39 is 5.79 Å². The first-order valence-corrected chi connectivity index (χ1v) is 8.12. The van der Waals surface area contributed by atoms with Crippen molar-refractivity contribution in [1.82, 2.24) is 0 Å². The summed E-state index contributed by atoms with van der Waals surface area (Å²) in [5.41, 5.74) is 1.90. The lowest BCUT2D eigenvalue weighted by Gasteiger charge is -2.31. The van der Waals surface area contributed by atoms with Gasteiger partial charge in [0, 0.05) is 11.5 Å². The van der Waals surface area contributed by atoms with Crippen LogP contribution in [0.5, 0.6) is 0 Å². The molecule has 0 radical (unpaired) electrons. The highest BCUT2D eigenvalue weighted by Gasteiger charge is 2.65. The van der Waals surface area contributed by atoms with Crippen LogP contribution in [0, 0.1) is 11.8 Å². The zero-order chi connectivity index (χ0) is 15.4. The monoisotopic (exact) mass is 306 g/mol. The quantitative estimate of drug-likeness (QED) is 0.866. The van der Waals surface area contributed by atoms with Gasteiger partial charge < -0.3 is 14.6 Å². The Labute approximate surface area is 135 Å². The minimum atomic E-state index is -1.31. The molecule has 3 nitrogen and oxygen atoms in total. The van der Waals surface area contributed by atoms with E-state index in [-0.39, 0.29) is 30.1 Å². The number of rotatable bonds is 2. The molecule has 2 aromatic rings. The molecule has 0 spiro atoms. The largest absolute Gasteiger partial charge is 0.366 e. The van der Waals surface area contributed by atoms with Crippen molar-refractivity contribution < 1.29 is 14.6 Å². The molecule has 3 heterocycles. The molecule has 0 aromatic heterocycles. The molecule has 5 rings (SSSR count). The fourth-order valence-corrected chi connectivity index (χ4v) is 4.40. The van der Waals surface area contributed by atoms with Crippen LogP contribution >= 0.6 is 0 Å². The van der Waals surface area contributed by atoms with Crippen LogP contribution in [0.3, 0.4) is 0 Å². The standard InChI is InChI=1S/C20H18O3/c21-20(14-9-5-2-6-10-14)18-16-12-11-15(22-16)17(18)19(23-20)13-7-3-1-4-8-13/h1-12,15-19,21H/t15-,16-,17+,18-,19+,20-/m0/s1. The Morgan fingerprint density at radius 2 is 1.48 bits per heavy atom. The van der Waals surface area contributed by atoms with E-state index in [1.54, 1.807) is 0 Å². The van der Waals surface area contributed by atoms with E-state index in [2.05, 4.69) is 24.3 Å². The van der Waals surface area contributed by atoms with Crippen LogP contribution in [0.25, 0.3) is 0 Å². The van der Waals surface area contributed by atoms with Crippen LogP contribution in [0.2, 0.25) is 0 Å². The normalized spacial score (nSPS) is 40.5. The third-order valence-electron chi connectivity index (χ3n) is 5.38. The number of aliphatic hydroxyl groups is 1. The molecule has 6 atom stereocenters. The lowest BCUT2D eigenvalue weighted by atomic mass is 9.75. The van der Waals surface area contributed by atoms with E-state index in [1.165, 1.54) is 0 Å². The summed E-state index contributed by atoms with van der Waals surface area (Å²) in [7, 11) is 0. The van der Waals surface area contributed by atoms with Gasteiger partial charge in [-0.15, -0.1) is 0 Å².